The number of hydrogen-bond acceptors (Lipinski definition) is 2. The van der Waals surface area contributed by atoms with Crippen molar-refractivity contribution in [2.24, 2.45) is 0 Å². The largest absolute Gasteiger partial charge is 0.494 e. The average Bonchev–Trinajstić information content (AvgIpc) is 3.03. The third-order valence-electron chi connectivity index (χ3n) is 5.20. The Balaban J connectivity index is 1.95. The van der Waals surface area contributed by atoms with E-state index in [1.165, 1.54) is 30.5 Å². The van der Waals surface area contributed by atoms with E-state index in [1.807, 2.05) is 22.9 Å². The van der Waals surface area contributed by atoms with Crippen LogP contribution in [-0.4, -0.2) is 37.0 Å². The topological polar surface area (TPSA) is 27.1 Å². The fraction of sp³-hybridized carbons (Fsp3) is 0.350. The van der Waals surface area contributed by atoms with Crippen LogP contribution >= 0.6 is 0 Å². The minimum Gasteiger partial charge on any atom is -0.494 e. The summed E-state index contributed by atoms with van der Waals surface area (Å²) < 4.78 is 8.53. The fourth-order valence-corrected chi connectivity index (χ4v) is 3.86. The molecule has 4 rings (SSSR count). The van der Waals surface area contributed by atoms with Crippen LogP contribution in [0.2, 0.25) is 0 Å². The van der Waals surface area contributed by atoms with E-state index < -0.39 is 0 Å². The van der Waals surface area contributed by atoms with Crippen molar-refractivity contribution in [3.63, 3.8) is 0 Å². The van der Waals surface area contributed by atoms with Gasteiger partial charge in [0.1, 0.15) is 11.4 Å². The highest BCUT2D eigenvalue weighted by molar-refractivity contribution is 5.91. The maximum Gasteiger partial charge on any atom is 0.254 e. The van der Waals surface area contributed by atoms with Gasteiger partial charge in [-0.25, -0.2) is 4.68 Å². The summed E-state index contributed by atoms with van der Waals surface area (Å²) in [7, 11) is 4.03. The second-order valence-electron chi connectivity index (χ2n) is 6.83. The number of methoxy groups -OCH3 is 1. The number of nitrogens with zero attached hydrogens (tertiary/aromatic N) is 3. The molecule has 0 N–H and O–H groups in total. The second kappa shape index (κ2) is 5.95. The summed E-state index contributed by atoms with van der Waals surface area (Å²) in [5.41, 5.74) is 2.13. The zero-order valence-corrected chi connectivity index (χ0v) is 14.4. The number of hydrogen-bond donors (Lipinski definition) is 0. The molecule has 0 bridgehead atoms. The predicted molar refractivity (Wildman–Crippen MR) is 98.9 cm³/mol. The molecule has 0 atom stereocenters. The minimum atomic E-state index is 0.846. The smallest absolute Gasteiger partial charge is 0.254 e. The third kappa shape index (κ3) is 2.38. The number of quaternary nitrogens is 1. The average molecular weight is 322 g/mol. The van der Waals surface area contributed by atoms with E-state index in [9.17, 15) is 0 Å². The Kier molecular flexibility index (Phi) is 3.77. The van der Waals surface area contributed by atoms with Crippen LogP contribution in [0.5, 0.6) is 5.75 Å². The summed E-state index contributed by atoms with van der Waals surface area (Å²) in [4.78, 5) is 0. The van der Waals surface area contributed by atoms with Crippen LogP contribution in [0.25, 0.3) is 16.6 Å². The van der Waals surface area contributed by atoms with Crippen molar-refractivity contribution in [1.82, 2.24) is 14.3 Å². The number of rotatable bonds is 3. The van der Waals surface area contributed by atoms with E-state index >= 15 is 0 Å². The van der Waals surface area contributed by atoms with Crippen LogP contribution in [0.3, 0.4) is 0 Å². The quantitative estimate of drug-likeness (QED) is 0.677. The molecule has 0 spiro atoms. The fourth-order valence-electron chi connectivity index (χ4n) is 3.86. The Morgan fingerprint density at radius 2 is 1.67 bits per heavy atom. The van der Waals surface area contributed by atoms with Crippen LogP contribution in [0.4, 0.5) is 5.82 Å². The van der Waals surface area contributed by atoms with E-state index in [2.05, 4.69) is 37.4 Å². The molecule has 0 aliphatic carbocycles. The van der Waals surface area contributed by atoms with Crippen LogP contribution < -0.4 is 9.22 Å². The molecule has 0 radical (unpaired) electrons. The summed E-state index contributed by atoms with van der Waals surface area (Å²) in [6.07, 6.45) is 3.87. The van der Waals surface area contributed by atoms with Gasteiger partial charge >= 0.3 is 0 Å². The standard InChI is InChI=1S/C20H24N3O/c1-23(14-8-3-9-15-23)20-16-10-4-5-11-17(16)22(21-20)18-12-6-7-13-19(18)24-2/h4-7,10-13H,3,8-9,14-15H2,1-2H3/q+1. The van der Waals surface area contributed by atoms with Crippen molar-refractivity contribution in [2.75, 3.05) is 27.2 Å². The molecule has 1 aliphatic heterocycles. The maximum atomic E-state index is 5.56. The molecule has 1 fully saturated rings. The summed E-state index contributed by atoms with van der Waals surface area (Å²) in [6, 6.07) is 16.6. The van der Waals surface area contributed by atoms with E-state index in [1.54, 1.807) is 7.11 Å². The lowest BCUT2D eigenvalue weighted by atomic mass is 10.1. The molecule has 1 aliphatic rings. The Morgan fingerprint density at radius 1 is 0.958 bits per heavy atom. The molecule has 0 saturated carbocycles. The maximum absolute atomic E-state index is 5.56. The van der Waals surface area contributed by atoms with Crippen molar-refractivity contribution in [3.8, 4) is 11.4 Å². The van der Waals surface area contributed by atoms with Gasteiger partial charge in [-0.05, 0) is 43.5 Å². The zero-order valence-electron chi connectivity index (χ0n) is 14.4. The number of aromatic nitrogens is 2. The number of ether oxygens (including phenoxy) is 1. The highest BCUT2D eigenvalue weighted by Gasteiger charge is 2.33. The molecule has 1 saturated heterocycles. The molecule has 0 unspecified atom stereocenters. The van der Waals surface area contributed by atoms with E-state index in [-0.39, 0.29) is 0 Å². The van der Waals surface area contributed by atoms with Crippen molar-refractivity contribution < 1.29 is 4.74 Å². The summed E-state index contributed by atoms with van der Waals surface area (Å²) in [6.45, 7) is 2.32. The van der Waals surface area contributed by atoms with Crippen molar-refractivity contribution in [1.29, 1.82) is 0 Å². The molecule has 24 heavy (non-hydrogen) atoms. The first-order valence-electron chi connectivity index (χ1n) is 8.69. The van der Waals surface area contributed by atoms with Gasteiger partial charge in [0.15, 0.2) is 0 Å². The third-order valence-corrected chi connectivity index (χ3v) is 5.20. The zero-order chi connectivity index (χ0) is 16.6. The van der Waals surface area contributed by atoms with Gasteiger partial charge in [0.05, 0.1) is 38.1 Å². The summed E-state index contributed by atoms with van der Waals surface area (Å²) in [5.74, 6) is 2.02. The van der Waals surface area contributed by atoms with Gasteiger partial charge < -0.3 is 4.74 Å². The van der Waals surface area contributed by atoms with Crippen molar-refractivity contribution in [3.05, 3.63) is 48.5 Å². The van der Waals surface area contributed by atoms with Crippen LogP contribution in [0.15, 0.2) is 48.5 Å². The summed E-state index contributed by atoms with van der Waals surface area (Å²) in [5, 5.41) is 6.32. The van der Waals surface area contributed by atoms with Gasteiger partial charge in [-0.15, -0.1) is 5.10 Å². The molecule has 4 nitrogen and oxygen atoms in total. The van der Waals surface area contributed by atoms with Gasteiger partial charge in [0.25, 0.3) is 5.82 Å². The van der Waals surface area contributed by atoms with E-state index in [0.29, 0.717) is 0 Å². The molecule has 0 amide bonds. The van der Waals surface area contributed by atoms with Crippen LogP contribution in [-0.2, 0) is 0 Å². The molecular weight excluding hydrogens is 298 g/mol. The van der Waals surface area contributed by atoms with E-state index in [4.69, 9.17) is 9.84 Å². The van der Waals surface area contributed by atoms with Crippen molar-refractivity contribution >= 4 is 16.7 Å². The molecule has 3 aromatic rings. The molecule has 124 valence electrons. The lowest BCUT2D eigenvalue weighted by molar-refractivity contribution is 0.269. The van der Waals surface area contributed by atoms with Gasteiger partial charge in [0, 0.05) is 0 Å². The second-order valence-corrected chi connectivity index (χ2v) is 6.83. The highest BCUT2D eigenvalue weighted by Crippen LogP contribution is 2.35. The molecular formula is C20H24N3O+. The molecule has 4 heteroatoms. The Hall–Kier alpha value is -2.33. The Bertz CT molecular complexity index is 862. The van der Waals surface area contributed by atoms with E-state index in [0.717, 1.165) is 34.5 Å². The van der Waals surface area contributed by atoms with Gasteiger partial charge in [-0.3, -0.25) is 4.48 Å². The normalized spacial score (nSPS) is 17.1. The van der Waals surface area contributed by atoms with Crippen LogP contribution in [0.1, 0.15) is 19.3 Å². The first kappa shape index (κ1) is 15.2. The lowest BCUT2D eigenvalue weighted by Crippen LogP contribution is -2.49. The van der Waals surface area contributed by atoms with Crippen molar-refractivity contribution in [2.45, 2.75) is 19.3 Å². The molecule has 1 aromatic heterocycles. The lowest BCUT2D eigenvalue weighted by Gasteiger charge is -2.35. The molecule has 2 aromatic carbocycles. The number of para-hydroxylation sites is 3. The highest BCUT2D eigenvalue weighted by atomic mass is 16.5. The number of piperidine rings is 1. The number of likely N-dealkylation sites (tertiary alicyclic amines) is 1. The first-order chi connectivity index (χ1) is 11.7. The Morgan fingerprint density at radius 3 is 2.46 bits per heavy atom. The predicted octanol–water partition coefficient (Wildman–Crippen LogP) is 4.16. The minimum absolute atomic E-state index is 0.846. The van der Waals surface area contributed by atoms with Gasteiger partial charge in [-0.1, -0.05) is 24.3 Å². The number of benzene rings is 2. The first-order valence-corrected chi connectivity index (χ1v) is 8.69. The van der Waals surface area contributed by atoms with Gasteiger partial charge in [0.2, 0.25) is 0 Å². The van der Waals surface area contributed by atoms with Crippen LogP contribution in [0, 0.1) is 0 Å². The summed E-state index contributed by atoms with van der Waals surface area (Å²) >= 11 is 0. The Labute approximate surface area is 142 Å². The monoisotopic (exact) mass is 322 g/mol. The SMILES string of the molecule is COc1ccccc1-n1nc([N+]2(C)CCCCC2)c2ccccc21. The van der Waals surface area contributed by atoms with Gasteiger partial charge in [-0.2, -0.15) is 0 Å². The molecule has 2 heterocycles. The number of fused-ring (bicyclic) bond motifs is 1.